The Balaban J connectivity index is 4.58. The van der Waals surface area contributed by atoms with Crippen molar-refractivity contribution in [3.8, 4) is 0 Å². The summed E-state index contributed by atoms with van der Waals surface area (Å²) in [6.45, 7) is 8.02. The van der Waals surface area contributed by atoms with Crippen LogP contribution >= 0.6 is 0 Å². The summed E-state index contributed by atoms with van der Waals surface area (Å²) in [5, 5.41) is 15.9. The lowest BCUT2D eigenvalue weighted by molar-refractivity contribution is -0.130. The van der Waals surface area contributed by atoms with E-state index < -0.39 is 5.97 Å². The molecule has 0 atom stereocenters. The molecule has 0 aromatic heterocycles. The Morgan fingerprint density at radius 3 is 2.00 bits per heavy atom. The highest BCUT2D eigenvalue weighted by atomic mass is 16.4. The van der Waals surface area contributed by atoms with Crippen molar-refractivity contribution < 1.29 is 9.90 Å². The zero-order chi connectivity index (χ0) is 9.94. The number of rotatable bonds is 1. The summed E-state index contributed by atoms with van der Waals surface area (Å²) >= 11 is 0. The van der Waals surface area contributed by atoms with Gasteiger partial charge in [-0.25, -0.2) is 4.79 Å². The molecule has 0 fully saturated rings. The number of amidine groups is 1. The number of aliphatic carboxylic acids is 1. The van der Waals surface area contributed by atoms with E-state index in [0.717, 1.165) is 0 Å². The first-order valence-electron chi connectivity index (χ1n) is 3.90. The van der Waals surface area contributed by atoms with E-state index in [2.05, 4.69) is 0 Å². The van der Waals surface area contributed by atoms with Gasteiger partial charge in [-0.15, -0.1) is 0 Å². The van der Waals surface area contributed by atoms with Crippen LogP contribution in [0.4, 0.5) is 0 Å². The van der Waals surface area contributed by atoms with Crippen molar-refractivity contribution in [2.45, 2.75) is 33.2 Å². The van der Waals surface area contributed by atoms with Crippen molar-refractivity contribution in [1.82, 2.24) is 4.90 Å². The average molecular weight is 172 g/mol. The second-order valence-electron chi connectivity index (χ2n) is 3.57. The second-order valence-corrected chi connectivity index (χ2v) is 3.57. The van der Waals surface area contributed by atoms with Crippen LogP contribution in [0.3, 0.4) is 0 Å². The van der Waals surface area contributed by atoms with Crippen LogP contribution in [0.25, 0.3) is 0 Å². The van der Waals surface area contributed by atoms with Crippen molar-refractivity contribution in [2.24, 2.45) is 0 Å². The summed E-state index contributed by atoms with van der Waals surface area (Å²) in [5.41, 5.74) is -0.301. The third-order valence-electron chi connectivity index (χ3n) is 1.60. The van der Waals surface area contributed by atoms with Crippen LogP contribution in [0.2, 0.25) is 0 Å². The third kappa shape index (κ3) is 2.53. The number of nitrogens with one attached hydrogen (secondary N) is 1. The molecule has 12 heavy (non-hydrogen) atoms. The van der Waals surface area contributed by atoms with E-state index in [0.29, 0.717) is 6.54 Å². The Hall–Kier alpha value is -1.06. The Bertz CT molecular complexity index is 194. The predicted molar refractivity (Wildman–Crippen MR) is 47.5 cm³/mol. The summed E-state index contributed by atoms with van der Waals surface area (Å²) in [6.07, 6.45) is 0. The molecule has 0 amide bonds. The molecule has 0 aromatic rings. The van der Waals surface area contributed by atoms with Crippen LogP contribution in [0.5, 0.6) is 0 Å². The average Bonchev–Trinajstić information content (AvgIpc) is 1.85. The van der Waals surface area contributed by atoms with Gasteiger partial charge in [0, 0.05) is 12.1 Å². The maximum Gasteiger partial charge on any atom is 0.371 e. The standard InChI is InChI=1S/C8H16N2O2/c1-5-10(8(2,3)4)6(9)7(11)12/h9H,5H2,1-4H3,(H,11,12). The Morgan fingerprint density at radius 2 is 1.92 bits per heavy atom. The molecule has 0 aromatic carbocycles. The molecular formula is C8H16N2O2. The highest BCUT2D eigenvalue weighted by Crippen LogP contribution is 2.12. The maximum absolute atomic E-state index is 10.5. The molecule has 4 heteroatoms. The van der Waals surface area contributed by atoms with Gasteiger partial charge in [-0.05, 0) is 27.7 Å². The van der Waals surface area contributed by atoms with Crippen LogP contribution in [-0.4, -0.2) is 33.9 Å². The molecule has 0 bridgehead atoms. The number of hydrogen-bond donors (Lipinski definition) is 2. The summed E-state index contributed by atoms with van der Waals surface area (Å²) in [5.74, 6) is -1.52. The molecule has 0 saturated heterocycles. The number of likely N-dealkylation sites (N-methyl/N-ethyl adjacent to an activating group) is 1. The van der Waals surface area contributed by atoms with E-state index in [1.807, 2.05) is 27.7 Å². The summed E-state index contributed by atoms with van der Waals surface area (Å²) < 4.78 is 0. The quantitative estimate of drug-likeness (QED) is 0.461. The van der Waals surface area contributed by atoms with E-state index >= 15 is 0 Å². The lowest BCUT2D eigenvalue weighted by Crippen LogP contribution is -2.48. The zero-order valence-electron chi connectivity index (χ0n) is 8.01. The van der Waals surface area contributed by atoms with Gasteiger partial charge in [-0.1, -0.05) is 0 Å². The third-order valence-corrected chi connectivity index (χ3v) is 1.60. The molecule has 0 spiro atoms. The lowest BCUT2D eigenvalue weighted by Gasteiger charge is -2.35. The van der Waals surface area contributed by atoms with Crippen molar-refractivity contribution in [3.05, 3.63) is 0 Å². The van der Waals surface area contributed by atoms with Crippen LogP contribution in [0.15, 0.2) is 0 Å². The molecular weight excluding hydrogens is 156 g/mol. The van der Waals surface area contributed by atoms with Gasteiger partial charge in [0.2, 0.25) is 5.84 Å². The molecule has 0 aliphatic carbocycles. The van der Waals surface area contributed by atoms with Gasteiger partial charge in [0.15, 0.2) is 0 Å². The first-order valence-corrected chi connectivity index (χ1v) is 3.90. The van der Waals surface area contributed by atoms with Crippen LogP contribution < -0.4 is 0 Å². The number of carboxylic acids is 1. The number of carboxylic acid groups (broad SMARTS) is 1. The van der Waals surface area contributed by atoms with Crippen LogP contribution in [0.1, 0.15) is 27.7 Å². The molecule has 0 aliphatic heterocycles. The molecule has 4 nitrogen and oxygen atoms in total. The minimum absolute atomic E-state index is 0.301. The number of hydrogen-bond acceptors (Lipinski definition) is 2. The molecule has 0 unspecified atom stereocenters. The van der Waals surface area contributed by atoms with Crippen LogP contribution in [-0.2, 0) is 4.79 Å². The van der Waals surface area contributed by atoms with Gasteiger partial charge in [0.1, 0.15) is 0 Å². The Labute approximate surface area is 72.7 Å². The molecule has 0 radical (unpaired) electrons. The van der Waals surface area contributed by atoms with Gasteiger partial charge >= 0.3 is 5.97 Å². The van der Waals surface area contributed by atoms with Gasteiger partial charge < -0.3 is 10.0 Å². The van der Waals surface area contributed by atoms with E-state index in [4.69, 9.17) is 10.5 Å². The molecule has 0 saturated carbocycles. The van der Waals surface area contributed by atoms with Crippen molar-refractivity contribution in [1.29, 1.82) is 5.41 Å². The van der Waals surface area contributed by atoms with Crippen LogP contribution in [0, 0.1) is 5.41 Å². The molecule has 70 valence electrons. The van der Waals surface area contributed by atoms with E-state index in [1.165, 1.54) is 4.90 Å². The van der Waals surface area contributed by atoms with Crippen molar-refractivity contribution in [3.63, 3.8) is 0 Å². The minimum Gasteiger partial charge on any atom is -0.475 e. The van der Waals surface area contributed by atoms with Gasteiger partial charge in [0.05, 0.1) is 0 Å². The van der Waals surface area contributed by atoms with E-state index in [-0.39, 0.29) is 11.4 Å². The lowest BCUT2D eigenvalue weighted by atomic mass is 10.1. The monoisotopic (exact) mass is 172 g/mol. The van der Waals surface area contributed by atoms with Crippen molar-refractivity contribution >= 4 is 11.8 Å². The Morgan fingerprint density at radius 1 is 1.50 bits per heavy atom. The summed E-state index contributed by atoms with van der Waals surface area (Å²) in [6, 6.07) is 0. The summed E-state index contributed by atoms with van der Waals surface area (Å²) in [4.78, 5) is 12.0. The zero-order valence-corrected chi connectivity index (χ0v) is 8.01. The van der Waals surface area contributed by atoms with Gasteiger partial charge in [-0.3, -0.25) is 5.41 Å². The largest absolute Gasteiger partial charge is 0.475 e. The molecule has 2 N–H and O–H groups in total. The molecule has 0 heterocycles. The number of nitrogens with zero attached hydrogens (tertiary/aromatic N) is 1. The maximum atomic E-state index is 10.5. The topological polar surface area (TPSA) is 64.4 Å². The Kier molecular flexibility index (Phi) is 3.24. The normalized spacial score (nSPS) is 11.0. The second kappa shape index (κ2) is 3.56. The first-order chi connectivity index (χ1) is 5.30. The van der Waals surface area contributed by atoms with Gasteiger partial charge in [-0.2, -0.15) is 0 Å². The van der Waals surface area contributed by atoms with Gasteiger partial charge in [0.25, 0.3) is 0 Å². The smallest absolute Gasteiger partial charge is 0.371 e. The number of carbonyl (C=O) groups is 1. The van der Waals surface area contributed by atoms with E-state index in [9.17, 15) is 4.79 Å². The fraction of sp³-hybridized carbons (Fsp3) is 0.750. The minimum atomic E-state index is -1.17. The fourth-order valence-electron chi connectivity index (χ4n) is 1.08. The fourth-order valence-corrected chi connectivity index (χ4v) is 1.08. The first kappa shape index (κ1) is 10.9. The summed E-state index contributed by atoms with van der Waals surface area (Å²) in [7, 11) is 0. The molecule has 0 aliphatic rings. The highest BCUT2D eigenvalue weighted by Gasteiger charge is 2.25. The SMILES string of the molecule is CCN(C(=N)C(=O)O)C(C)(C)C. The predicted octanol–water partition coefficient (Wildman–Crippen LogP) is 1.17. The molecule has 0 rings (SSSR count). The van der Waals surface area contributed by atoms with E-state index in [1.54, 1.807) is 0 Å². The van der Waals surface area contributed by atoms with Crippen molar-refractivity contribution in [2.75, 3.05) is 6.54 Å². The highest BCUT2D eigenvalue weighted by molar-refractivity contribution is 6.33.